The molecular weight excluding hydrogens is 317 g/mol. The number of aliphatic carboxylic acids is 1. The zero-order valence-electron chi connectivity index (χ0n) is 11.7. The molecule has 0 aromatic heterocycles. The molecule has 0 saturated carbocycles. The molecule has 0 fully saturated rings. The predicted molar refractivity (Wildman–Crippen MR) is 78.6 cm³/mol. The molecule has 2 rings (SSSR count). The maximum Gasteiger partial charge on any atom is 0.416 e. The number of amidine groups is 1. The fraction of sp³-hybridized carbons (Fsp3) is 0.286. The van der Waals surface area contributed by atoms with Gasteiger partial charge in [0.25, 0.3) is 0 Å². The normalized spacial score (nSPS) is 18.8. The minimum atomic E-state index is -4.58. The Morgan fingerprint density at radius 2 is 2.00 bits per heavy atom. The van der Waals surface area contributed by atoms with E-state index >= 15 is 0 Å². The third kappa shape index (κ3) is 3.11. The number of alkyl halides is 3. The lowest BCUT2D eigenvalue weighted by Crippen LogP contribution is -2.30. The van der Waals surface area contributed by atoms with E-state index in [-0.39, 0.29) is 16.8 Å². The van der Waals surface area contributed by atoms with Gasteiger partial charge < -0.3 is 10.4 Å². The first-order chi connectivity index (χ1) is 10.3. The van der Waals surface area contributed by atoms with Crippen molar-refractivity contribution < 1.29 is 23.1 Å². The third-order valence-corrected chi connectivity index (χ3v) is 3.80. The lowest BCUT2D eigenvalue weighted by molar-refractivity contribution is -0.139. The standard InChI is InChI=1S/C14H13F3N2O2S/c1-7-10(12(20)21)11(19-13(18-7)22-2)8-5-3-4-6-9(8)14(15,16)17/h3-6,11H,1-2H3,(H,18,19)(H,20,21). The number of nitrogens with zero attached hydrogens (tertiary/aromatic N) is 1. The van der Waals surface area contributed by atoms with Crippen LogP contribution >= 0.6 is 11.8 Å². The summed E-state index contributed by atoms with van der Waals surface area (Å²) in [5.74, 6) is -1.30. The Bertz CT molecular complexity index is 668. The summed E-state index contributed by atoms with van der Waals surface area (Å²) in [4.78, 5) is 15.6. The number of carboxylic acid groups (broad SMARTS) is 1. The summed E-state index contributed by atoms with van der Waals surface area (Å²) in [6.07, 6.45) is -2.87. The minimum absolute atomic E-state index is 0.167. The summed E-state index contributed by atoms with van der Waals surface area (Å²) < 4.78 is 39.5. The molecule has 1 aromatic rings. The van der Waals surface area contributed by atoms with Crippen LogP contribution in [0.3, 0.4) is 0 Å². The molecule has 0 spiro atoms. The average Bonchev–Trinajstić information content (AvgIpc) is 2.45. The monoisotopic (exact) mass is 330 g/mol. The van der Waals surface area contributed by atoms with E-state index in [2.05, 4.69) is 10.3 Å². The van der Waals surface area contributed by atoms with Crippen LogP contribution in [0.4, 0.5) is 13.2 Å². The molecule has 2 N–H and O–H groups in total. The van der Waals surface area contributed by atoms with E-state index in [1.807, 2.05) is 0 Å². The van der Waals surface area contributed by atoms with Gasteiger partial charge in [-0.05, 0) is 24.8 Å². The number of carboxylic acids is 1. The van der Waals surface area contributed by atoms with Gasteiger partial charge in [0.1, 0.15) is 6.04 Å². The summed E-state index contributed by atoms with van der Waals surface area (Å²) in [6, 6.07) is 3.70. The molecule has 1 heterocycles. The van der Waals surface area contributed by atoms with Crippen molar-refractivity contribution in [2.24, 2.45) is 4.99 Å². The molecule has 0 amide bonds. The highest BCUT2D eigenvalue weighted by atomic mass is 32.2. The molecular formula is C14H13F3N2O2S. The molecule has 118 valence electrons. The van der Waals surface area contributed by atoms with Gasteiger partial charge in [0.15, 0.2) is 5.17 Å². The second kappa shape index (κ2) is 6.04. The summed E-state index contributed by atoms with van der Waals surface area (Å²) in [5.41, 5.74) is -0.944. The third-order valence-electron chi connectivity index (χ3n) is 3.20. The van der Waals surface area contributed by atoms with Crippen molar-refractivity contribution in [3.05, 3.63) is 46.7 Å². The number of benzene rings is 1. The molecule has 1 aromatic carbocycles. The van der Waals surface area contributed by atoms with Crippen molar-refractivity contribution in [1.29, 1.82) is 0 Å². The highest BCUT2D eigenvalue weighted by molar-refractivity contribution is 8.13. The van der Waals surface area contributed by atoms with Gasteiger partial charge in [-0.2, -0.15) is 13.2 Å². The zero-order chi connectivity index (χ0) is 16.5. The van der Waals surface area contributed by atoms with E-state index in [1.165, 1.54) is 36.9 Å². The number of thioether (sulfide) groups is 1. The number of allylic oxidation sites excluding steroid dienone is 1. The molecule has 1 aliphatic heterocycles. The van der Waals surface area contributed by atoms with E-state index in [4.69, 9.17) is 0 Å². The Labute approximate surface area is 129 Å². The fourth-order valence-corrected chi connectivity index (χ4v) is 2.71. The largest absolute Gasteiger partial charge is 0.478 e. The molecule has 1 unspecified atom stereocenters. The Morgan fingerprint density at radius 1 is 1.36 bits per heavy atom. The lowest BCUT2D eigenvalue weighted by Gasteiger charge is -2.26. The van der Waals surface area contributed by atoms with Gasteiger partial charge in [0, 0.05) is 5.70 Å². The van der Waals surface area contributed by atoms with Gasteiger partial charge in [-0.1, -0.05) is 30.0 Å². The van der Waals surface area contributed by atoms with Crippen LogP contribution in [-0.4, -0.2) is 22.5 Å². The minimum Gasteiger partial charge on any atom is -0.478 e. The Balaban J connectivity index is 2.65. The molecule has 0 aliphatic carbocycles. The van der Waals surface area contributed by atoms with Gasteiger partial charge in [0.05, 0.1) is 11.1 Å². The Morgan fingerprint density at radius 3 is 2.55 bits per heavy atom. The van der Waals surface area contributed by atoms with E-state index < -0.39 is 23.8 Å². The topological polar surface area (TPSA) is 61.7 Å². The van der Waals surface area contributed by atoms with Crippen LogP contribution in [0.2, 0.25) is 0 Å². The first-order valence-corrected chi connectivity index (χ1v) is 7.47. The number of halogens is 3. The van der Waals surface area contributed by atoms with E-state index in [1.54, 1.807) is 6.26 Å². The molecule has 4 nitrogen and oxygen atoms in total. The second-order valence-electron chi connectivity index (χ2n) is 4.59. The van der Waals surface area contributed by atoms with Crippen LogP contribution in [0.1, 0.15) is 24.1 Å². The summed E-state index contributed by atoms with van der Waals surface area (Å²) in [6.45, 7) is 1.51. The second-order valence-corrected chi connectivity index (χ2v) is 5.39. The van der Waals surface area contributed by atoms with Gasteiger partial charge in [-0.3, -0.25) is 0 Å². The predicted octanol–water partition coefficient (Wildman–Crippen LogP) is 3.43. The fourth-order valence-electron chi connectivity index (χ4n) is 2.25. The molecule has 8 heteroatoms. The Hall–Kier alpha value is -1.96. The van der Waals surface area contributed by atoms with E-state index in [0.717, 1.165) is 6.07 Å². The summed E-state index contributed by atoms with van der Waals surface area (Å²) in [7, 11) is 0. The van der Waals surface area contributed by atoms with Crippen molar-refractivity contribution in [1.82, 2.24) is 5.32 Å². The molecule has 0 saturated heterocycles. The maximum absolute atomic E-state index is 13.2. The van der Waals surface area contributed by atoms with Crippen LogP contribution in [0.15, 0.2) is 40.5 Å². The van der Waals surface area contributed by atoms with Crippen molar-refractivity contribution in [3.8, 4) is 0 Å². The zero-order valence-corrected chi connectivity index (χ0v) is 12.5. The van der Waals surface area contributed by atoms with Gasteiger partial charge in [0.2, 0.25) is 0 Å². The smallest absolute Gasteiger partial charge is 0.416 e. The number of aliphatic imine (C=N–C) groups is 1. The van der Waals surface area contributed by atoms with E-state index in [0.29, 0.717) is 5.17 Å². The van der Waals surface area contributed by atoms with Crippen molar-refractivity contribution in [2.45, 2.75) is 19.1 Å². The van der Waals surface area contributed by atoms with Crippen LogP contribution in [0.5, 0.6) is 0 Å². The number of hydrogen-bond donors (Lipinski definition) is 2. The van der Waals surface area contributed by atoms with Crippen LogP contribution in [0, 0.1) is 0 Å². The molecule has 0 radical (unpaired) electrons. The van der Waals surface area contributed by atoms with Crippen LogP contribution in [-0.2, 0) is 11.0 Å². The van der Waals surface area contributed by atoms with Crippen LogP contribution in [0.25, 0.3) is 0 Å². The lowest BCUT2D eigenvalue weighted by atomic mass is 9.92. The highest BCUT2D eigenvalue weighted by Crippen LogP contribution is 2.40. The maximum atomic E-state index is 13.2. The van der Waals surface area contributed by atoms with Gasteiger partial charge in [-0.25, -0.2) is 9.79 Å². The Kier molecular flexibility index (Phi) is 4.50. The van der Waals surface area contributed by atoms with Crippen molar-refractivity contribution in [2.75, 3.05) is 6.26 Å². The quantitative estimate of drug-likeness (QED) is 0.872. The summed E-state index contributed by atoms with van der Waals surface area (Å²) in [5, 5.41) is 12.5. The average molecular weight is 330 g/mol. The molecule has 0 bridgehead atoms. The highest BCUT2D eigenvalue weighted by Gasteiger charge is 2.38. The number of carbonyl (C=O) groups is 1. The first kappa shape index (κ1) is 16.4. The van der Waals surface area contributed by atoms with Crippen molar-refractivity contribution in [3.63, 3.8) is 0 Å². The SMILES string of the molecule is CSC1=NC(c2ccccc2C(F)(F)F)C(C(=O)O)=C(C)N1. The first-order valence-electron chi connectivity index (χ1n) is 6.24. The number of hydrogen-bond acceptors (Lipinski definition) is 4. The number of rotatable bonds is 2. The van der Waals surface area contributed by atoms with E-state index in [9.17, 15) is 23.1 Å². The molecule has 1 aliphatic rings. The number of nitrogens with one attached hydrogen (secondary N) is 1. The van der Waals surface area contributed by atoms with Crippen LogP contribution < -0.4 is 5.32 Å². The van der Waals surface area contributed by atoms with Gasteiger partial charge >= 0.3 is 12.1 Å². The molecule has 1 atom stereocenters. The molecule has 22 heavy (non-hydrogen) atoms. The van der Waals surface area contributed by atoms with Crippen molar-refractivity contribution >= 4 is 22.9 Å². The van der Waals surface area contributed by atoms with Gasteiger partial charge in [-0.15, -0.1) is 0 Å². The summed E-state index contributed by atoms with van der Waals surface area (Å²) >= 11 is 1.21.